The van der Waals surface area contributed by atoms with Crippen LogP contribution >= 0.6 is 11.3 Å². The summed E-state index contributed by atoms with van der Waals surface area (Å²) in [5.74, 6) is 1.46. The van der Waals surface area contributed by atoms with Gasteiger partial charge in [-0.15, -0.1) is 11.3 Å². The fourth-order valence-corrected chi connectivity index (χ4v) is 3.78. The van der Waals surface area contributed by atoms with E-state index in [1.54, 1.807) is 25.6 Å². The van der Waals surface area contributed by atoms with Gasteiger partial charge in [0.15, 0.2) is 16.6 Å². The molecule has 0 aliphatic rings. The number of anilines is 1. The topological polar surface area (TPSA) is 92.0 Å². The second-order valence-electron chi connectivity index (χ2n) is 6.24. The molecule has 0 atom stereocenters. The van der Waals surface area contributed by atoms with Crippen molar-refractivity contribution in [2.75, 3.05) is 26.1 Å². The number of ether oxygens (including phenoxy) is 2. The van der Waals surface area contributed by atoms with Gasteiger partial charge in [0.05, 0.1) is 30.9 Å². The molecule has 2 aromatic carbocycles. The van der Waals surface area contributed by atoms with Crippen LogP contribution in [0.25, 0.3) is 22.3 Å². The first-order chi connectivity index (χ1) is 13.7. The maximum absolute atomic E-state index is 11.4. The molecule has 0 bridgehead atoms. The lowest BCUT2D eigenvalue weighted by atomic mass is 10.1. The van der Waals surface area contributed by atoms with Gasteiger partial charge in [0.2, 0.25) is 0 Å². The highest BCUT2D eigenvalue weighted by atomic mass is 32.1. The highest BCUT2D eigenvalue weighted by molar-refractivity contribution is 7.14. The lowest BCUT2D eigenvalue weighted by molar-refractivity contribution is 0.354. The molecule has 0 saturated carbocycles. The van der Waals surface area contributed by atoms with E-state index in [-0.39, 0.29) is 5.69 Å². The number of thiazole rings is 1. The van der Waals surface area contributed by atoms with Gasteiger partial charge in [-0.1, -0.05) is 12.1 Å². The second-order valence-corrected chi connectivity index (χ2v) is 7.10. The van der Waals surface area contributed by atoms with Crippen molar-refractivity contribution in [2.24, 2.45) is 0 Å². The summed E-state index contributed by atoms with van der Waals surface area (Å²) in [6.07, 6.45) is 0.839. The number of rotatable bonds is 7. The number of benzene rings is 2. The zero-order chi connectivity index (χ0) is 19.5. The predicted octanol–water partition coefficient (Wildman–Crippen LogP) is 3.65. The summed E-state index contributed by atoms with van der Waals surface area (Å²) in [4.78, 5) is 21.6. The van der Waals surface area contributed by atoms with Crippen molar-refractivity contribution in [1.82, 2.24) is 15.0 Å². The van der Waals surface area contributed by atoms with Crippen LogP contribution in [0.15, 0.2) is 46.6 Å². The summed E-state index contributed by atoms with van der Waals surface area (Å²) >= 11 is 1.56. The van der Waals surface area contributed by atoms with Gasteiger partial charge in [-0.05, 0) is 36.2 Å². The third kappa shape index (κ3) is 3.72. The van der Waals surface area contributed by atoms with Crippen molar-refractivity contribution in [1.29, 1.82) is 0 Å². The number of aromatic amines is 2. The first-order valence-electron chi connectivity index (χ1n) is 8.79. The summed E-state index contributed by atoms with van der Waals surface area (Å²) < 4.78 is 10.6. The van der Waals surface area contributed by atoms with Crippen molar-refractivity contribution in [3.8, 4) is 22.8 Å². The quantitative estimate of drug-likeness (QED) is 0.443. The number of hydrogen-bond acceptors (Lipinski definition) is 6. The Morgan fingerprint density at radius 3 is 2.68 bits per heavy atom. The number of imidazole rings is 1. The third-order valence-electron chi connectivity index (χ3n) is 4.45. The number of nitrogens with one attached hydrogen (secondary N) is 3. The molecular weight excluding hydrogens is 376 g/mol. The van der Waals surface area contributed by atoms with Crippen LogP contribution in [0.2, 0.25) is 0 Å². The zero-order valence-corrected chi connectivity index (χ0v) is 16.4. The molecule has 144 valence electrons. The molecule has 0 amide bonds. The number of fused-ring (bicyclic) bond motifs is 1. The van der Waals surface area contributed by atoms with Gasteiger partial charge in [0.25, 0.3) is 0 Å². The number of hydrogen-bond donors (Lipinski definition) is 3. The Hall–Kier alpha value is -3.26. The number of methoxy groups -OCH3 is 2. The van der Waals surface area contributed by atoms with Crippen LogP contribution in [-0.4, -0.2) is 35.7 Å². The van der Waals surface area contributed by atoms with E-state index in [1.165, 1.54) is 0 Å². The third-order valence-corrected chi connectivity index (χ3v) is 5.25. The van der Waals surface area contributed by atoms with E-state index < -0.39 is 0 Å². The Morgan fingerprint density at radius 1 is 1.04 bits per heavy atom. The van der Waals surface area contributed by atoms with Crippen molar-refractivity contribution >= 4 is 27.5 Å². The first-order valence-corrected chi connectivity index (χ1v) is 9.67. The van der Waals surface area contributed by atoms with Crippen LogP contribution in [0.4, 0.5) is 5.13 Å². The van der Waals surface area contributed by atoms with Crippen LogP contribution in [0.1, 0.15) is 5.56 Å². The smallest absolute Gasteiger partial charge is 0.323 e. The zero-order valence-electron chi connectivity index (χ0n) is 15.5. The molecule has 0 saturated heterocycles. The molecule has 3 N–H and O–H groups in total. The van der Waals surface area contributed by atoms with Crippen molar-refractivity contribution < 1.29 is 9.47 Å². The maximum Gasteiger partial charge on any atom is 0.323 e. The average Bonchev–Trinajstić information content (AvgIpc) is 3.32. The maximum atomic E-state index is 11.4. The molecule has 28 heavy (non-hydrogen) atoms. The Bertz CT molecular complexity index is 1160. The molecule has 2 heterocycles. The van der Waals surface area contributed by atoms with Gasteiger partial charge in [-0.3, -0.25) is 0 Å². The van der Waals surface area contributed by atoms with E-state index in [1.807, 2.05) is 41.8 Å². The predicted molar refractivity (Wildman–Crippen MR) is 112 cm³/mol. The molecule has 0 fully saturated rings. The molecule has 7 nitrogen and oxygen atoms in total. The van der Waals surface area contributed by atoms with E-state index in [0.29, 0.717) is 0 Å². The molecule has 0 spiro atoms. The SMILES string of the molecule is COc1ccc(CCNc2nc(-c3ccc4[nH]c(=O)[nH]c4c3)cs2)cc1OC. The summed E-state index contributed by atoms with van der Waals surface area (Å²) in [7, 11) is 3.27. The van der Waals surface area contributed by atoms with E-state index in [2.05, 4.69) is 20.3 Å². The summed E-state index contributed by atoms with van der Waals surface area (Å²) in [6, 6.07) is 11.7. The summed E-state index contributed by atoms with van der Waals surface area (Å²) in [5.41, 5.74) is 4.36. The molecule has 0 aliphatic heterocycles. The molecular formula is C20H20N4O3S. The fraction of sp³-hybridized carbons (Fsp3) is 0.200. The molecule has 0 unspecified atom stereocenters. The van der Waals surface area contributed by atoms with Crippen molar-refractivity contribution in [3.63, 3.8) is 0 Å². The van der Waals surface area contributed by atoms with Crippen LogP contribution in [0, 0.1) is 0 Å². The minimum Gasteiger partial charge on any atom is -0.493 e. The highest BCUT2D eigenvalue weighted by Gasteiger charge is 2.08. The van der Waals surface area contributed by atoms with Crippen LogP contribution in [0.5, 0.6) is 11.5 Å². The molecule has 4 aromatic rings. The lowest BCUT2D eigenvalue weighted by Gasteiger charge is -2.09. The van der Waals surface area contributed by atoms with Crippen LogP contribution in [-0.2, 0) is 6.42 Å². The van der Waals surface area contributed by atoms with E-state index in [4.69, 9.17) is 9.47 Å². The first kappa shape index (κ1) is 18.1. The minimum atomic E-state index is -0.206. The van der Waals surface area contributed by atoms with Gasteiger partial charge in [0.1, 0.15) is 0 Å². The van der Waals surface area contributed by atoms with E-state index in [9.17, 15) is 4.79 Å². The molecule has 2 aromatic heterocycles. The molecule has 0 radical (unpaired) electrons. The second kappa shape index (κ2) is 7.77. The van der Waals surface area contributed by atoms with E-state index >= 15 is 0 Å². The van der Waals surface area contributed by atoms with E-state index in [0.717, 1.165) is 57.5 Å². The fourth-order valence-electron chi connectivity index (χ4n) is 3.03. The van der Waals surface area contributed by atoms with Gasteiger partial charge < -0.3 is 24.8 Å². The Labute approximate surface area is 165 Å². The monoisotopic (exact) mass is 396 g/mol. The molecule has 8 heteroatoms. The molecule has 0 aliphatic carbocycles. The Morgan fingerprint density at radius 2 is 1.86 bits per heavy atom. The lowest BCUT2D eigenvalue weighted by Crippen LogP contribution is -2.05. The standard InChI is InChI=1S/C20H20N4O3S/c1-26-17-6-3-12(9-18(17)27-2)7-8-21-20-24-16(11-28-20)13-4-5-14-15(10-13)23-19(25)22-14/h3-6,9-11H,7-8H2,1-2H3,(H,21,24)(H2,22,23,25). The van der Waals surface area contributed by atoms with Crippen LogP contribution in [0.3, 0.4) is 0 Å². The summed E-state index contributed by atoms with van der Waals surface area (Å²) in [6.45, 7) is 0.757. The largest absolute Gasteiger partial charge is 0.493 e. The van der Waals surface area contributed by atoms with Crippen molar-refractivity contribution in [3.05, 3.63) is 57.8 Å². The van der Waals surface area contributed by atoms with Crippen molar-refractivity contribution in [2.45, 2.75) is 6.42 Å². The number of nitrogens with zero attached hydrogens (tertiary/aromatic N) is 1. The normalized spacial score (nSPS) is 10.9. The minimum absolute atomic E-state index is 0.206. The summed E-state index contributed by atoms with van der Waals surface area (Å²) in [5, 5.41) is 6.23. The average molecular weight is 396 g/mol. The van der Waals surface area contributed by atoms with Gasteiger partial charge in [-0.25, -0.2) is 9.78 Å². The number of H-pyrrole nitrogens is 2. The highest BCUT2D eigenvalue weighted by Crippen LogP contribution is 2.28. The van der Waals surface area contributed by atoms with Gasteiger partial charge >= 0.3 is 5.69 Å². The molecule has 4 rings (SSSR count). The number of aromatic nitrogens is 3. The van der Waals surface area contributed by atoms with Crippen LogP contribution < -0.4 is 20.5 Å². The van der Waals surface area contributed by atoms with Gasteiger partial charge in [-0.2, -0.15) is 0 Å². The van der Waals surface area contributed by atoms with Gasteiger partial charge in [0, 0.05) is 17.5 Å². The Kier molecular flexibility index (Phi) is 5.03. The Balaban J connectivity index is 1.41.